The van der Waals surface area contributed by atoms with E-state index in [-0.39, 0.29) is 12.2 Å². The molecule has 1 atom stereocenters. The summed E-state index contributed by atoms with van der Waals surface area (Å²) in [5, 5.41) is 11.4. The number of hydrogen-bond acceptors (Lipinski definition) is 6. The minimum absolute atomic E-state index is 0.0630. The minimum Gasteiger partial charge on any atom is -0.491 e. The van der Waals surface area contributed by atoms with Crippen LogP contribution in [0.5, 0.6) is 5.75 Å². The first-order chi connectivity index (χ1) is 12.7. The first-order valence-corrected chi connectivity index (χ1v) is 10.5. The molecule has 0 fully saturated rings. The largest absolute Gasteiger partial charge is 0.491 e. The van der Waals surface area contributed by atoms with Gasteiger partial charge in [0, 0.05) is 10.6 Å². The molecule has 0 bridgehead atoms. The van der Waals surface area contributed by atoms with Crippen molar-refractivity contribution in [3.8, 4) is 5.75 Å². The molecular weight excluding hydrogens is 368 g/mol. The highest BCUT2D eigenvalue weighted by atomic mass is 32.2. The van der Waals surface area contributed by atoms with Gasteiger partial charge in [-0.1, -0.05) is 30.0 Å². The van der Waals surface area contributed by atoms with Gasteiger partial charge in [0.05, 0.1) is 11.5 Å². The zero-order valence-electron chi connectivity index (χ0n) is 14.2. The number of aryl methyl sites for hydroxylation is 2. The Bertz CT molecular complexity index is 953. The van der Waals surface area contributed by atoms with Crippen molar-refractivity contribution in [1.82, 2.24) is 9.97 Å². The van der Waals surface area contributed by atoms with Crippen molar-refractivity contribution in [3.05, 3.63) is 51.1 Å². The molecule has 0 saturated heterocycles. The second kappa shape index (κ2) is 7.82. The number of nitrogens with one attached hydrogen (secondary N) is 1. The molecule has 0 radical (unpaired) electrons. The lowest BCUT2D eigenvalue weighted by Crippen LogP contribution is -2.20. The highest BCUT2D eigenvalue weighted by molar-refractivity contribution is 7.99. The second-order valence-corrected chi connectivity index (χ2v) is 8.44. The fourth-order valence-electron chi connectivity index (χ4n) is 3.14. The van der Waals surface area contributed by atoms with Gasteiger partial charge in [0.2, 0.25) is 0 Å². The minimum atomic E-state index is -0.641. The molecule has 0 aliphatic heterocycles. The van der Waals surface area contributed by atoms with E-state index in [1.807, 2.05) is 30.3 Å². The van der Waals surface area contributed by atoms with Gasteiger partial charge in [0.25, 0.3) is 5.56 Å². The van der Waals surface area contributed by atoms with E-state index in [1.165, 1.54) is 28.6 Å². The summed E-state index contributed by atoms with van der Waals surface area (Å²) in [6, 6.07) is 9.40. The average Bonchev–Trinajstić information content (AvgIpc) is 3.04. The number of benzene rings is 1. The van der Waals surface area contributed by atoms with Crippen LogP contribution >= 0.6 is 23.1 Å². The van der Waals surface area contributed by atoms with Gasteiger partial charge in [-0.25, -0.2) is 4.98 Å². The quantitative estimate of drug-likeness (QED) is 0.500. The van der Waals surface area contributed by atoms with Crippen LogP contribution in [-0.2, 0) is 12.8 Å². The van der Waals surface area contributed by atoms with Crippen LogP contribution in [0.1, 0.15) is 23.3 Å². The molecule has 0 spiro atoms. The van der Waals surface area contributed by atoms with Crippen LogP contribution < -0.4 is 10.3 Å². The van der Waals surface area contributed by atoms with Gasteiger partial charge in [-0.2, -0.15) is 0 Å². The van der Waals surface area contributed by atoms with Crippen LogP contribution in [0.3, 0.4) is 0 Å². The third-order valence-electron chi connectivity index (χ3n) is 4.40. The van der Waals surface area contributed by atoms with Crippen LogP contribution in [0.25, 0.3) is 10.2 Å². The fraction of sp³-hybridized carbons (Fsp3) is 0.368. The summed E-state index contributed by atoms with van der Waals surface area (Å²) in [6.07, 6.45) is 3.71. The zero-order valence-corrected chi connectivity index (χ0v) is 15.9. The normalized spacial score (nSPS) is 15.0. The average molecular weight is 389 g/mol. The molecular formula is C19H20N2O3S2. The van der Waals surface area contributed by atoms with Gasteiger partial charge < -0.3 is 14.8 Å². The van der Waals surface area contributed by atoms with Crippen LogP contribution in [0.15, 0.2) is 40.3 Å². The summed E-state index contributed by atoms with van der Waals surface area (Å²) in [5.74, 6) is 1.14. The number of ether oxygens (including phenoxy) is 1. The molecule has 2 heterocycles. The van der Waals surface area contributed by atoms with Crippen LogP contribution in [-0.4, -0.2) is 33.5 Å². The van der Waals surface area contributed by atoms with E-state index in [1.54, 1.807) is 11.3 Å². The number of para-hydroxylation sites is 1. The lowest BCUT2D eigenvalue weighted by atomic mass is 9.97. The number of aromatic amines is 1. The molecule has 0 saturated carbocycles. The Morgan fingerprint density at radius 1 is 1.27 bits per heavy atom. The van der Waals surface area contributed by atoms with Gasteiger partial charge in [0.1, 0.15) is 17.2 Å². The molecule has 0 unspecified atom stereocenters. The Morgan fingerprint density at radius 2 is 2.08 bits per heavy atom. The van der Waals surface area contributed by atoms with Crippen molar-refractivity contribution in [1.29, 1.82) is 0 Å². The summed E-state index contributed by atoms with van der Waals surface area (Å²) >= 11 is 2.99. The SMILES string of the molecule is O=c1[nH]c(SC[C@H](O)COc2ccccc2)nc2sc3c(c12)CCCC3. The number of rotatable bonds is 6. The molecule has 0 amide bonds. The molecule has 3 aromatic rings. The van der Waals surface area contributed by atoms with Crippen molar-refractivity contribution in [3.63, 3.8) is 0 Å². The van der Waals surface area contributed by atoms with Gasteiger partial charge in [-0.05, 0) is 43.4 Å². The number of hydrogen-bond donors (Lipinski definition) is 2. The molecule has 2 N–H and O–H groups in total. The van der Waals surface area contributed by atoms with Crippen LogP contribution in [0.2, 0.25) is 0 Å². The number of aliphatic hydroxyl groups excluding tert-OH is 1. The Balaban J connectivity index is 1.42. The van der Waals surface area contributed by atoms with Crippen molar-refractivity contribution in [2.75, 3.05) is 12.4 Å². The van der Waals surface area contributed by atoms with Gasteiger partial charge in [-0.3, -0.25) is 4.79 Å². The lowest BCUT2D eigenvalue weighted by Gasteiger charge is -2.11. The lowest BCUT2D eigenvalue weighted by molar-refractivity contribution is 0.126. The first kappa shape index (κ1) is 17.6. The zero-order chi connectivity index (χ0) is 17.9. The van der Waals surface area contributed by atoms with E-state index in [0.717, 1.165) is 35.2 Å². The molecule has 136 valence electrons. The maximum absolute atomic E-state index is 12.5. The van der Waals surface area contributed by atoms with E-state index in [9.17, 15) is 9.90 Å². The maximum atomic E-state index is 12.5. The number of fused-ring (bicyclic) bond motifs is 3. The summed E-state index contributed by atoms with van der Waals surface area (Å²) in [6.45, 7) is 0.205. The van der Waals surface area contributed by atoms with Crippen molar-refractivity contribution in [2.24, 2.45) is 0 Å². The second-order valence-electron chi connectivity index (χ2n) is 6.35. The predicted molar refractivity (Wildman–Crippen MR) is 106 cm³/mol. The highest BCUT2D eigenvalue weighted by Gasteiger charge is 2.20. The maximum Gasteiger partial charge on any atom is 0.260 e. The van der Waals surface area contributed by atoms with Gasteiger partial charge >= 0.3 is 0 Å². The number of thioether (sulfide) groups is 1. The number of thiophene rings is 1. The number of aliphatic hydroxyl groups is 1. The van der Waals surface area contributed by atoms with Crippen molar-refractivity contribution < 1.29 is 9.84 Å². The smallest absolute Gasteiger partial charge is 0.260 e. The van der Waals surface area contributed by atoms with E-state index < -0.39 is 6.10 Å². The van der Waals surface area contributed by atoms with E-state index >= 15 is 0 Å². The van der Waals surface area contributed by atoms with Crippen LogP contribution in [0.4, 0.5) is 0 Å². The predicted octanol–water partition coefficient (Wildman–Crippen LogP) is 3.40. The van der Waals surface area contributed by atoms with Crippen LogP contribution in [0, 0.1) is 0 Å². The molecule has 4 rings (SSSR count). The molecule has 26 heavy (non-hydrogen) atoms. The Labute approximate surface area is 159 Å². The van der Waals surface area contributed by atoms with E-state index in [0.29, 0.717) is 10.9 Å². The first-order valence-electron chi connectivity index (χ1n) is 8.74. The molecule has 1 aliphatic rings. The summed E-state index contributed by atoms with van der Waals surface area (Å²) < 4.78 is 5.55. The number of nitrogens with zero attached hydrogens (tertiary/aromatic N) is 1. The molecule has 5 nitrogen and oxygen atoms in total. The third kappa shape index (κ3) is 3.79. The molecule has 1 aliphatic carbocycles. The Morgan fingerprint density at radius 3 is 2.92 bits per heavy atom. The van der Waals surface area contributed by atoms with Crippen molar-refractivity contribution >= 4 is 33.3 Å². The third-order valence-corrected chi connectivity index (χ3v) is 6.61. The summed E-state index contributed by atoms with van der Waals surface area (Å²) in [7, 11) is 0. The summed E-state index contributed by atoms with van der Waals surface area (Å²) in [5.41, 5.74) is 1.13. The fourth-order valence-corrected chi connectivity index (χ4v) is 5.23. The Kier molecular flexibility index (Phi) is 5.28. The number of aromatic nitrogens is 2. The number of H-pyrrole nitrogens is 1. The van der Waals surface area contributed by atoms with E-state index in [2.05, 4.69) is 9.97 Å². The highest BCUT2D eigenvalue weighted by Crippen LogP contribution is 2.34. The molecule has 2 aromatic heterocycles. The standard InChI is InChI=1S/C19H20N2O3S2/c22-12(10-24-13-6-2-1-3-7-13)11-25-19-20-17(23)16-14-8-4-5-9-15(14)26-18(16)21-19/h1-3,6-7,12,22H,4-5,8-11H2,(H,20,21,23)/t12-/m1/s1. The van der Waals surface area contributed by atoms with Gasteiger partial charge in [-0.15, -0.1) is 11.3 Å². The van der Waals surface area contributed by atoms with Gasteiger partial charge in [0.15, 0.2) is 5.16 Å². The van der Waals surface area contributed by atoms with Crippen molar-refractivity contribution in [2.45, 2.75) is 36.9 Å². The van der Waals surface area contributed by atoms with E-state index in [4.69, 9.17) is 4.74 Å². The topological polar surface area (TPSA) is 75.2 Å². The Hall–Kier alpha value is -1.83. The molecule has 7 heteroatoms. The molecule has 1 aromatic carbocycles. The monoisotopic (exact) mass is 388 g/mol. The summed E-state index contributed by atoms with van der Waals surface area (Å²) in [4.78, 5) is 22.1.